The van der Waals surface area contributed by atoms with Gasteiger partial charge in [0.2, 0.25) is 11.8 Å². The molecule has 2 aromatic carbocycles. The van der Waals surface area contributed by atoms with Crippen molar-refractivity contribution in [3.63, 3.8) is 0 Å². The molecule has 25 heavy (non-hydrogen) atoms. The zero-order valence-corrected chi connectivity index (χ0v) is 14.9. The number of benzene rings is 2. The van der Waals surface area contributed by atoms with Crippen molar-refractivity contribution < 1.29 is 9.59 Å². The number of rotatable bonds is 7. The molecular weight excluding hydrogens is 332 g/mol. The van der Waals surface area contributed by atoms with Gasteiger partial charge in [-0.15, -0.1) is 11.8 Å². The van der Waals surface area contributed by atoms with Crippen molar-refractivity contribution in [3.05, 3.63) is 60.2 Å². The molecule has 0 aliphatic carbocycles. The predicted molar refractivity (Wildman–Crippen MR) is 102 cm³/mol. The summed E-state index contributed by atoms with van der Waals surface area (Å²) in [5.74, 6) is 1.06. The molecule has 0 atom stereocenters. The largest absolute Gasteiger partial charge is 0.355 e. The first-order chi connectivity index (χ1) is 12.2. The molecule has 5 heteroatoms. The van der Waals surface area contributed by atoms with E-state index >= 15 is 0 Å². The number of hydrogen-bond acceptors (Lipinski definition) is 3. The molecule has 2 amide bonds. The van der Waals surface area contributed by atoms with Gasteiger partial charge in [-0.1, -0.05) is 30.3 Å². The number of nitrogens with zero attached hydrogens (tertiary/aromatic N) is 1. The average Bonchev–Trinajstić information content (AvgIpc) is 3.06. The van der Waals surface area contributed by atoms with E-state index in [4.69, 9.17) is 0 Å². The standard InChI is InChI=1S/C20H22N2O2S/c23-19(21-12-14-25-18-5-2-1-3-6-18)15-16-8-10-17(11-9-16)22-13-4-7-20(22)24/h1-3,5-6,8-11H,4,7,12-15H2,(H,21,23). The van der Waals surface area contributed by atoms with E-state index in [1.165, 1.54) is 4.90 Å². The lowest BCUT2D eigenvalue weighted by molar-refractivity contribution is -0.120. The molecule has 1 aliphatic heterocycles. The van der Waals surface area contributed by atoms with Crippen LogP contribution in [0.3, 0.4) is 0 Å². The SMILES string of the molecule is O=C(Cc1ccc(N2CCCC2=O)cc1)NCCSc1ccccc1. The summed E-state index contributed by atoms with van der Waals surface area (Å²) in [5.41, 5.74) is 1.88. The lowest BCUT2D eigenvalue weighted by atomic mass is 10.1. The van der Waals surface area contributed by atoms with Gasteiger partial charge in [0.25, 0.3) is 0 Å². The third kappa shape index (κ3) is 5.10. The number of nitrogens with one attached hydrogen (secondary N) is 1. The summed E-state index contributed by atoms with van der Waals surface area (Å²) in [6, 6.07) is 17.9. The highest BCUT2D eigenvalue weighted by atomic mass is 32.2. The second-order valence-corrected chi connectivity index (χ2v) is 7.17. The highest BCUT2D eigenvalue weighted by Gasteiger charge is 2.21. The molecule has 0 unspecified atom stereocenters. The third-order valence-corrected chi connectivity index (χ3v) is 5.14. The summed E-state index contributed by atoms with van der Waals surface area (Å²) in [7, 11) is 0. The van der Waals surface area contributed by atoms with Crippen LogP contribution in [-0.4, -0.2) is 30.7 Å². The van der Waals surface area contributed by atoms with Crippen molar-refractivity contribution in [2.75, 3.05) is 23.7 Å². The Morgan fingerprint density at radius 1 is 1.08 bits per heavy atom. The number of carbonyl (C=O) groups excluding carboxylic acids is 2. The van der Waals surface area contributed by atoms with Gasteiger partial charge in [0.15, 0.2) is 0 Å². The van der Waals surface area contributed by atoms with E-state index in [1.54, 1.807) is 11.8 Å². The second-order valence-electron chi connectivity index (χ2n) is 6.00. The van der Waals surface area contributed by atoms with E-state index in [2.05, 4.69) is 17.4 Å². The maximum atomic E-state index is 12.0. The minimum atomic E-state index is 0.0265. The fourth-order valence-corrected chi connectivity index (χ4v) is 3.63. The fourth-order valence-electron chi connectivity index (χ4n) is 2.84. The van der Waals surface area contributed by atoms with Crippen LogP contribution in [-0.2, 0) is 16.0 Å². The number of thioether (sulfide) groups is 1. The van der Waals surface area contributed by atoms with Gasteiger partial charge in [0.1, 0.15) is 0 Å². The van der Waals surface area contributed by atoms with E-state index < -0.39 is 0 Å². The van der Waals surface area contributed by atoms with Crippen LogP contribution < -0.4 is 10.2 Å². The van der Waals surface area contributed by atoms with Gasteiger partial charge < -0.3 is 10.2 Å². The van der Waals surface area contributed by atoms with Crippen molar-refractivity contribution in [2.24, 2.45) is 0 Å². The summed E-state index contributed by atoms with van der Waals surface area (Å²) in [4.78, 5) is 26.8. The van der Waals surface area contributed by atoms with Gasteiger partial charge >= 0.3 is 0 Å². The summed E-state index contributed by atoms with van der Waals surface area (Å²) in [6.07, 6.45) is 1.92. The molecule has 1 heterocycles. The highest BCUT2D eigenvalue weighted by Crippen LogP contribution is 2.21. The van der Waals surface area contributed by atoms with Gasteiger partial charge in [-0.3, -0.25) is 9.59 Å². The van der Waals surface area contributed by atoms with Gasteiger partial charge in [-0.2, -0.15) is 0 Å². The Labute approximate surface area is 152 Å². The molecule has 1 N–H and O–H groups in total. The summed E-state index contributed by atoms with van der Waals surface area (Å²) in [6.45, 7) is 1.44. The Hall–Kier alpha value is -2.27. The normalized spacial score (nSPS) is 13.9. The van der Waals surface area contributed by atoms with Gasteiger partial charge in [-0.25, -0.2) is 0 Å². The molecule has 130 valence electrons. The molecule has 0 spiro atoms. The zero-order valence-electron chi connectivity index (χ0n) is 14.1. The van der Waals surface area contributed by atoms with Crippen LogP contribution in [0.4, 0.5) is 5.69 Å². The summed E-state index contributed by atoms with van der Waals surface area (Å²) >= 11 is 1.73. The predicted octanol–water partition coefficient (Wildman–Crippen LogP) is 3.26. The lowest BCUT2D eigenvalue weighted by Crippen LogP contribution is -2.27. The van der Waals surface area contributed by atoms with Gasteiger partial charge in [-0.05, 0) is 36.2 Å². The van der Waals surface area contributed by atoms with Crippen molar-refractivity contribution in [2.45, 2.75) is 24.2 Å². The molecule has 0 aromatic heterocycles. The van der Waals surface area contributed by atoms with E-state index in [1.807, 2.05) is 47.4 Å². The van der Waals surface area contributed by atoms with Crippen LogP contribution in [0.25, 0.3) is 0 Å². The maximum absolute atomic E-state index is 12.0. The molecule has 1 saturated heterocycles. The van der Waals surface area contributed by atoms with Crippen molar-refractivity contribution in [3.8, 4) is 0 Å². The molecule has 2 aromatic rings. The Kier molecular flexibility index (Phi) is 6.12. The fraction of sp³-hybridized carbons (Fsp3) is 0.300. The smallest absolute Gasteiger partial charge is 0.227 e. The van der Waals surface area contributed by atoms with Crippen LogP contribution in [0.2, 0.25) is 0 Å². The van der Waals surface area contributed by atoms with Crippen LogP contribution in [0.5, 0.6) is 0 Å². The van der Waals surface area contributed by atoms with Crippen LogP contribution >= 0.6 is 11.8 Å². The molecular formula is C20H22N2O2S. The Morgan fingerprint density at radius 3 is 2.52 bits per heavy atom. The minimum Gasteiger partial charge on any atom is -0.355 e. The van der Waals surface area contributed by atoms with Gasteiger partial charge in [0.05, 0.1) is 6.42 Å². The highest BCUT2D eigenvalue weighted by molar-refractivity contribution is 7.99. The summed E-state index contributed by atoms with van der Waals surface area (Å²) < 4.78 is 0. The lowest BCUT2D eigenvalue weighted by Gasteiger charge is -2.15. The zero-order chi connectivity index (χ0) is 17.5. The molecule has 4 nitrogen and oxygen atoms in total. The maximum Gasteiger partial charge on any atom is 0.227 e. The van der Waals surface area contributed by atoms with Crippen LogP contribution in [0, 0.1) is 0 Å². The summed E-state index contributed by atoms with van der Waals surface area (Å²) in [5, 5.41) is 2.95. The van der Waals surface area contributed by atoms with Gasteiger partial charge in [0, 0.05) is 35.8 Å². The van der Waals surface area contributed by atoms with E-state index in [9.17, 15) is 9.59 Å². The van der Waals surface area contributed by atoms with Crippen LogP contribution in [0.15, 0.2) is 59.5 Å². The number of carbonyl (C=O) groups is 2. The first kappa shape index (κ1) is 17.5. The number of anilines is 1. The third-order valence-electron chi connectivity index (χ3n) is 4.12. The monoisotopic (exact) mass is 354 g/mol. The van der Waals surface area contributed by atoms with E-state index in [0.29, 0.717) is 19.4 Å². The first-order valence-corrected chi connectivity index (χ1v) is 9.55. The molecule has 0 saturated carbocycles. The first-order valence-electron chi connectivity index (χ1n) is 8.56. The second kappa shape index (κ2) is 8.72. The number of amides is 2. The Bertz CT molecular complexity index is 716. The molecule has 3 rings (SSSR count). The Balaban J connectivity index is 1.41. The average molecular weight is 354 g/mol. The molecule has 1 aliphatic rings. The van der Waals surface area contributed by atoms with Crippen molar-refractivity contribution >= 4 is 29.3 Å². The quantitative estimate of drug-likeness (QED) is 0.613. The topological polar surface area (TPSA) is 49.4 Å². The minimum absolute atomic E-state index is 0.0265. The van der Waals surface area contributed by atoms with Crippen LogP contribution in [0.1, 0.15) is 18.4 Å². The molecule has 1 fully saturated rings. The van der Waals surface area contributed by atoms with E-state index in [0.717, 1.165) is 30.0 Å². The number of hydrogen-bond donors (Lipinski definition) is 1. The molecule has 0 radical (unpaired) electrons. The van der Waals surface area contributed by atoms with E-state index in [-0.39, 0.29) is 11.8 Å². The molecule has 0 bridgehead atoms. The Morgan fingerprint density at radius 2 is 1.84 bits per heavy atom. The van der Waals surface area contributed by atoms with Crippen molar-refractivity contribution in [1.82, 2.24) is 5.32 Å². The van der Waals surface area contributed by atoms with Crippen molar-refractivity contribution in [1.29, 1.82) is 0 Å².